The first-order chi connectivity index (χ1) is 71.5. The second-order valence-electron chi connectivity index (χ2n) is 40.8. The van der Waals surface area contributed by atoms with E-state index in [9.17, 15) is 34.5 Å². The van der Waals surface area contributed by atoms with E-state index in [0.717, 1.165) is 223 Å². The smallest absolute Gasteiger partial charge is 0.321 e. The molecule has 776 valence electrons. The minimum atomic E-state index is -0.523. The molecule has 0 aromatic carbocycles. The number of Topliss-reactive ketones (excluding diaryl/α,β-unsaturated/α-hetero) is 1. The number of pyridine rings is 4. The van der Waals surface area contributed by atoms with Crippen molar-refractivity contribution in [3.05, 3.63) is 148 Å². The molecule has 40 nitrogen and oxygen atoms in total. The summed E-state index contributed by atoms with van der Waals surface area (Å²) in [5, 5.41) is 55.9. The largest absolute Gasteiger partial charge is 0.496 e. The third-order valence-corrected chi connectivity index (χ3v) is 30.0. The van der Waals surface area contributed by atoms with Gasteiger partial charge in [-0.15, -0.1) is 12.3 Å². The zero-order chi connectivity index (χ0) is 102. The van der Waals surface area contributed by atoms with Crippen LogP contribution in [0.1, 0.15) is 244 Å². The number of aromatic amines is 2. The fourth-order valence-electron chi connectivity index (χ4n) is 21.1. The Labute approximate surface area is 854 Å². The van der Waals surface area contributed by atoms with Gasteiger partial charge in [0, 0.05) is 191 Å². The number of aromatic nitrogens is 16. The van der Waals surface area contributed by atoms with Crippen molar-refractivity contribution in [2.24, 2.45) is 45.9 Å². The van der Waals surface area contributed by atoms with Gasteiger partial charge in [-0.1, -0.05) is 19.4 Å². The van der Waals surface area contributed by atoms with Crippen LogP contribution in [0.5, 0.6) is 35.5 Å². The number of anilines is 4. The van der Waals surface area contributed by atoms with Gasteiger partial charge in [0.2, 0.25) is 17.6 Å². The van der Waals surface area contributed by atoms with Gasteiger partial charge in [-0.3, -0.25) is 39.2 Å². The number of ether oxygens (including phenoxy) is 8. The van der Waals surface area contributed by atoms with Crippen molar-refractivity contribution in [3.8, 4) is 54.0 Å². The highest BCUT2D eigenvalue weighted by atomic mass is 16.6. The van der Waals surface area contributed by atoms with Crippen LogP contribution in [0.25, 0.3) is 27.6 Å². The van der Waals surface area contributed by atoms with E-state index in [1.165, 1.54) is 23.1 Å². The van der Waals surface area contributed by atoms with Gasteiger partial charge in [0.1, 0.15) is 64.4 Å². The topological polar surface area (TPSA) is 500 Å². The molecule has 9 fully saturated rings. The molecule has 0 spiro atoms. The number of nitrogens with zero attached hydrogens (tertiary/aromatic N) is 20. The molecular formula is C107H133N25O15. The number of hydrogen-bond acceptors (Lipinski definition) is 35. The van der Waals surface area contributed by atoms with E-state index >= 15 is 0 Å². The van der Waals surface area contributed by atoms with Gasteiger partial charge in [0.15, 0.2) is 5.65 Å². The highest BCUT2D eigenvalue weighted by molar-refractivity contribution is 6.05. The van der Waals surface area contributed by atoms with Crippen molar-refractivity contribution in [3.63, 3.8) is 0 Å². The van der Waals surface area contributed by atoms with Crippen LogP contribution >= 0.6 is 0 Å². The van der Waals surface area contributed by atoms with Gasteiger partial charge in [0.05, 0.1) is 107 Å². The number of methoxy groups -OCH3 is 3. The molecule has 40 heteroatoms. The van der Waals surface area contributed by atoms with Crippen molar-refractivity contribution in [1.29, 1.82) is 5.26 Å². The van der Waals surface area contributed by atoms with Gasteiger partial charge < -0.3 is 93.7 Å². The molecule has 10 aromatic heterocycles. The third-order valence-electron chi connectivity index (χ3n) is 30.0. The Bertz CT molecular complexity index is 6450. The lowest BCUT2D eigenvalue weighted by Gasteiger charge is -2.37. The number of ketones is 1. The molecule has 0 radical (unpaired) electrons. The lowest BCUT2D eigenvalue weighted by atomic mass is 9.67. The summed E-state index contributed by atoms with van der Waals surface area (Å²) in [7, 11) is 4.99. The number of aliphatic hydroxyl groups is 3. The van der Waals surface area contributed by atoms with Gasteiger partial charge in [-0.25, -0.2) is 9.97 Å². The minimum Gasteiger partial charge on any atom is -0.496 e. The van der Waals surface area contributed by atoms with E-state index in [4.69, 9.17) is 54.6 Å². The van der Waals surface area contributed by atoms with E-state index in [2.05, 4.69) is 153 Å². The van der Waals surface area contributed by atoms with Crippen LogP contribution in [-0.4, -0.2) is 280 Å². The Morgan fingerprint density at radius 2 is 1.20 bits per heavy atom. The molecule has 6 aliphatic heterocycles. The Hall–Kier alpha value is -13.8. The number of carbonyl (C=O) groups is 4. The van der Waals surface area contributed by atoms with Gasteiger partial charge in [-0.2, -0.15) is 55.2 Å². The number of hydrogen-bond donors (Lipinski definition) is 8. The monoisotopic (exact) mass is 2010 g/mol. The number of nitriles is 1. The molecule has 5 aliphatic carbocycles. The summed E-state index contributed by atoms with van der Waals surface area (Å²) in [6.07, 6.45) is 34.5. The molecule has 3 amide bonds. The molecule has 10 aromatic rings. The number of amides is 3. The Balaban J connectivity index is 0.000000128. The Kier molecular flexibility index (Phi) is 33.2. The maximum absolute atomic E-state index is 13.2. The molecule has 8 N–H and O–H groups in total. The maximum atomic E-state index is 13.2. The van der Waals surface area contributed by atoms with Crippen LogP contribution in [0.3, 0.4) is 0 Å². The molecule has 0 bridgehead atoms. The van der Waals surface area contributed by atoms with E-state index in [1.54, 1.807) is 65.8 Å². The van der Waals surface area contributed by atoms with Crippen molar-refractivity contribution >= 4 is 80.3 Å². The summed E-state index contributed by atoms with van der Waals surface area (Å²) in [5.41, 5.74) is 11.5. The Morgan fingerprint density at radius 3 is 1.81 bits per heavy atom. The second kappa shape index (κ2) is 47.4. The van der Waals surface area contributed by atoms with E-state index in [-0.39, 0.29) is 131 Å². The first-order valence-corrected chi connectivity index (χ1v) is 51.8. The van der Waals surface area contributed by atoms with Gasteiger partial charge in [-0.05, 0) is 202 Å². The van der Waals surface area contributed by atoms with Crippen molar-refractivity contribution in [2.45, 2.75) is 224 Å². The number of aliphatic hydroxyl groups excluding tert-OH is 3. The lowest BCUT2D eigenvalue weighted by Crippen LogP contribution is -2.40. The predicted octanol–water partition coefficient (Wildman–Crippen LogP) is 11.3. The second-order valence-corrected chi connectivity index (χ2v) is 40.8. The zero-order valence-electron chi connectivity index (χ0n) is 84.8. The fourth-order valence-corrected chi connectivity index (χ4v) is 21.1. The molecule has 2 unspecified atom stereocenters. The van der Waals surface area contributed by atoms with Crippen LogP contribution < -0.4 is 64.0 Å². The van der Waals surface area contributed by atoms with E-state index < -0.39 is 18.1 Å². The molecular weight excluding hydrogens is 1880 g/mol. The summed E-state index contributed by atoms with van der Waals surface area (Å²) in [6, 6.07) is 18.8. The number of allylic oxidation sites excluding steroid dienone is 2. The highest BCUT2D eigenvalue weighted by Gasteiger charge is 2.42. The molecule has 147 heavy (non-hydrogen) atoms. The van der Waals surface area contributed by atoms with E-state index in [0.29, 0.717) is 98.8 Å². The molecule has 4 saturated carbocycles. The minimum absolute atomic E-state index is 0.00610. The third kappa shape index (κ3) is 25.2. The summed E-state index contributed by atoms with van der Waals surface area (Å²) < 4.78 is 45.8. The van der Waals surface area contributed by atoms with Crippen LogP contribution in [0.2, 0.25) is 0 Å². The standard InChI is InChI=1S/C30H35N5O3.C26H31N7O4.C26H34N6O4.C25H33N7O4/c1-4-19-16-21(19)18-38-29-33-27(24(36)17-30(2)11-5-12-30)32-28(34-29)35-14-9-20(10-15-35)22-6-7-23-26(22)25(37-3)8-13-31-23;1-15(13-34)30-25(35)20-10-22(32-26(31-20)37-14-18-9-17(18)11-27)33-7-4-16(5-8-33)19-12-29-24-23(19)21(36-2)3-6-28-24;1-16(15-35-2)36-26-30-20(25(34)29-19-6-3-7-22(19)33)13-23(31-26)32-11-8-17(9-12-32)24-18-5-4-10-27-21(18)14-28-24;1-15(13-33)27-24(34)20-12-21(29-25(28-20)35-14-18-6-5-16(2)36-18)32-10-7-17(8-11-32)22-19-4-3-9-26-23(19)31-30-22/h1,6,8,13,19-21H,5,7,9-12,14-18H2,2-3H3;3,6,10,12,15-18,34H,4-5,7-9,13-14H2,1-2H3,(H,28,29)(H,30,35);4-5,10,13,16-17,19,22,33H,3,6-9,11-12,14-15H2,1-2H3,(H,29,34);3-4,9,12,15-18,33H,5-8,10-11,13-14H2,1-2H3,(H,27,34)(H,26,30,31)/t19-,21-;15-,17+,18-;16-,19-,22-;15-,16?,18?/m1111/s1. The predicted molar refractivity (Wildman–Crippen MR) is 547 cm³/mol. The number of nitrogens with one attached hydrogen (secondary N) is 5. The van der Waals surface area contributed by atoms with Crippen molar-refractivity contribution < 1.29 is 72.4 Å². The molecule has 21 rings (SSSR count). The normalized spacial score (nSPS) is 22.1. The maximum Gasteiger partial charge on any atom is 0.321 e. The molecule has 5 saturated heterocycles. The quantitative estimate of drug-likeness (QED) is 0.0137. The van der Waals surface area contributed by atoms with Crippen LogP contribution in [0.4, 0.5) is 23.4 Å². The Morgan fingerprint density at radius 1 is 0.619 bits per heavy atom. The van der Waals surface area contributed by atoms with E-state index in [1.807, 2.05) is 56.7 Å². The van der Waals surface area contributed by atoms with Crippen LogP contribution in [0, 0.1) is 64.6 Å². The summed E-state index contributed by atoms with van der Waals surface area (Å²) >= 11 is 0. The summed E-state index contributed by atoms with van der Waals surface area (Å²) in [6.45, 7) is 17.5. The SMILES string of the molecule is C#C[C@@H]1C[C@@H]1COc1nc(C(=O)CC2(C)CCC2)nc(N2CCC(C3=CCc4nccc(OC)c43)CC2)n1.CC1CCC(COc2nc(C(=O)N[C@H](C)CO)cc(N3CCC(c4[nH]nc5ncccc45)CC3)n2)O1.COC[C@@H](C)Oc1nc(C(=O)N[C@@H]2CCC[C@H]2O)cc(N2CCC(C3=NCc4ncccc43)CC2)n1.COc1ccnc2[nH]cc(C3CCN(c4cc(C(=O)N[C@H](C)CO)nc(OC[C@H]5C[C@H]5C#N)n4)CC3)c12. The first kappa shape index (κ1) is 103. The zero-order valence-corrected chi connectivity index (χ0v) is 84.8. The van der Waals surface area contributed by atoms with Crippen LogP contribution in [-0.2, 0) is 22.4 Å². The average Bonchev–Trinajstić information content (AvgIpc) is 1.64. The number of piperidine rings is 4. The fraction of sp³-hybridized carbons (Fsp3) is 0.551. The lowest BCUT2D eigenvalue weighted by molar-refractivity contribution is 0.0242. The molecule has 11 aliphatic rings. The molecule has 16 heterocycles. The summed E-state index contributed by atoms with van der Waals surface area (Å²) in [5.74, 6) is 8.26. The van der Waals surface area contributed by atoms with Crippen molar-refractivity contribution in [2.75, 3.05) is 133 Å². The first-order valence-electron chi connectivity index (χ1n) is 51.8. The number of aliphatic imine (C=N–C) groups is 1. The van der Waals surface area contributed by atoms with Gasteiger partial charge >= 0.3 is 24.0 Å². The number of H-pyrrole nitrogens is 2. The highest BCUT2D eigenvalue weighted by Crippen LogP contribution is 2.47. The number of fused-ring (bicyclic) bond motifs is 4. The molecule has 11 atom stereocenters. The number of terminal acetylenes is 1. The number of rotatable bonds is 34. The summed E-state index contributed by atoms with van der Waals surface area (Å²) in [4.78, 5) is 127. The van der Waals surface area contributed by atoms with Crippen LogP contribution in [0.15, 0.2) is 96.6 Å². The van der Waals surface area contributed by atoms with Crippen molar-refractivity contribution in [1.82, 2.24) is 95.9 Å². The average molecular weight is 2010 g/mol. The number of carbonyl (C=O) groups excluding carboxylic acids is 4. The van der Waals surface area contributed by atoms with Gasteiger partial charge in [0.25, 0.3) is 17.7 Å².